The lowest BCUT2D eigenvalue weighted by molar-refractivity contribution is 0.964. The van der Waals surface area contributed by atoms with E-state index in [4.69, 9.17) is 0 Å². The number of para-hydroxylation sites is 1. The van der Waals surface area contributed by atoms with Gasteiger partial charge >= 0.3 is 0 Å². The second-order valence-electron chi connectivity index (χ2n) is 4.99. The van der Waals surface area contributed by atoms with Gasteiger partial charge < -0.3 is 9.55 Å². The zero-order chi connectivity index (χ0) is 15.0. The van der Waals surface area contributed by atoms with E-state index < -0.39 is 0 Å². The van der Waals surface area contributed by atoms with Crippen molar-refractivity contribution in [2.45, 2.75) is 13.8 Å². The van der Waals surface area contributed by atoms with Gasteiger partial charge in [0, 0.05) is 17.1 Å². The van der Waals surface area contributed by atoms with E-state index in [1.54, 1.807) is 0 Å². The van der Waals surface area contributed by atoms with Crippen LogP contribution in [0.1, 0.15) is 17.0 Å². The van der Waals surface area contributed by atoms with Crippen LogP contribution in [-0.4, -0.2) is 9.55 Å². The van der Waals surface area contributed by atoms with Gasteiger partial charge in [-0.3, -0.25) is 4.79 Å². The first-order chi connectivity index (χ1) is 10.1. The molecular weight excluding hydrogens is 280 g/mol. The molecule has 2 aromatic heterocycles. The van der Waals surface area contributed by atoms with Crippen molar-refractivity contribution in [1.82, 2.24) is 9.55 Å². The second-order valence-corrected chi connectivity index (χ2v) is 6.12. The molecule has 0 aliphatic rings. The maximum atomic E-state index is 11.8. The smallest absolute Gasteiger partial charge is 0.266 e. The fraction of sp³-hybridized carbons (Fsp3) is 0.118. The minimum absolute atomic E-state index is 0.0745. The SMILES string of the molecule is C=c1[nH]c(=O)/c(=C\c2cc(C)n(-c3ccccc3)c2C)s1. The molecule has 3 nitrogen and oxygen atoms in total. The van der Waals surface area contributed by atoms with Crippen molar-refractivity contribution in [2.24, 2.45) is 0 Å². The molecule has 3 rings (SSSR count). The van der Waals surface area contributed by atoms with Gasteiger partial charge in [-0.05, 0) is 43.7 Å². The minimum atomic E-state index is -0.0745. The average molecular weight is 296 g/mol. The first-order valence-corrected chi connectivity index (χ1v) is 7.52. The molecular formula is C17H16N2OS. The first kappa shape index (κ1) is 13.6. The Morgan fingerprint density at radius 1 is 1.24 bits per heavy atom. The number of aryl methyl sites for hydroxylation is 1. The quantitative estimate of drug-likeness (QED) is 0.772. The Bertz CT molecular complexity index is 945. The summed E-state index contributed by atoms with van der Waals surface area (Å²) in [4.78, 5) is 14.5. The third-order valence-electron chi connectivity index (χ3n) is 3.48. The Morgan fingerprint density at radius 2 is 1.95 bits per heavy atom. The van der Waals surface area contributed by atoms with Crippen LogP contribution in [0.5, 0.6) is 0 Å². The third-order valence-corrected chi connectivity index (χ3v) is 4.35. The predicted octanol–water partition coefficient (Wildman–Crippen LogP) is 2.08. The van der Waals surface area contributed by atoms with Crippen molar-refractivity contribution in [2.75, 3.05) is 0 Å². The molecule has 0 atom stereocenters. The summed E-state index contributed by atoms with van der Waals surface area (Å²) >= 11 is 1.38. The lowest BCUT2D eigenvalue weighted by Gasteiger charge is -2.08. The average Bonchev–Trinajstić information content (AvgIpc) is 2.91. The number of nitrogens with one attached hydrogen (secondary N) is 1. The van der Waals surface area contributed by atoms with E-state index in [1.165, 1.54) is 11.3 Å². The van der Waals surface area contributed by atoms with Gasteiger partial charge in [-0.25, -0.2) is 0 Å². The summed E-state index contributed by atoms with van der Waals surface area (Å²) in [5, 5.41) is 0. The Labute approximate surface area is 126 Å². The highest BCUT2D eigenvalue weighted by Crippen LogP contribution is 2.20. The molecule has 0 radical (unpaired) electrons. The molecule has 21 heavy (non-hydrogen) atoms. The van der Waals surface area contributed by atoms with Gasteiger partial charge in [-0.15, -0.1) is 11.3 Å². The maximum Gasteiger partial charge on any atom is 0.266 e. The lowest BCUT2D eigenvalue weighted by atomic mass is 10.2. The highest BCUT2D eigenvalue weighted by Gasteiger charge is 2.09. The molecule has 0 bridgehead atoms. The predicted molar refractivity (Wildman–Crippen MR) is 88.5 cm³/mol. The number of aromatic nitrogens is 2. The number of hydrogen-bond donors (Lipinski definition) is 1. The second kappa shape index (κ2) is 5.22. The van der Waals surface area contributed by atoms with Crippen molar-refractivity contribution >= 4 is 24.0 Å². The molecule has 1 aromatic carbocycles. The molecule has 1 N–H and O–H groups in total. The highest BCUT2D eigenvalue weighted by atomic mass is 32.1. The number of nitrogens with zero attached hydrogens (tertiary/aromatic N) is 1. The molecule has 106 valence electrons. The topological polar surface area (TPSA) is 37.8 Å². The third kappa shape index (κ3) is 2.50. The van der Waals surface area contributed by atoms with Gasteiger partial charge in [0.25, 0.3) is 5.56 Å². The monoisotopic (exact) mass is 296 g/mol. The fourth-order valence-electron chi connectivity index (χ4n) is 2.54. The zero-order valence-corrected chi connectivity index (χ0v) is 12.8. The van der Waals surface area contributed by atoms with Gasteiger partial charge in [0.1, 0.15) is 0 Å². The molecule has 2 heterocycles. The summed E-state index contributed by atoms with van der Waals surface area (Å²) in [6, 6.07) is 12.3. The van der Waals surface area contributed by atoms with E-state index in [9.17, 15) is 4.79 Å². The van der Waals surface area contributed by atoms with Crippen LogP contribution in [0.15, 0.2) is 41.2 Å². The van der Waals surface area contributed by atoms with Crippen LogP contribution in [-0.2, 0) is 0 Å². The summed E-state index contributed by atoms with van der Waals surface area (Å²) in [6.07, 6.45) is 1.93. The van der Waals surface area contributed by atoms with Gasteiger partial charge in [0.15, 0.2) is 0 Å². The number of benzene rings is 1. The van der Waals surface area contributed by atoms with Gasteiger partial charge in [0.2, 0.25) is 0 Å². The number of hydrogen-bond acceptors (Lipinski definition) is 2. The van der Waals surface area contributed by atoms with Crippen LogP contribution >= 0.6 is 11.3 Å². The van der Waals surface area contributed by atoms with Crippen molar-refractivity contribution in [3.63, 3.8) is 0 Å². The summed E-state index contributed by atoms with van der Waals surface area (Å²) in [6.45, 7) is 7.91. The molecule has 0 aliphatic carbocycles. The molecule has 0 aliphatic heterocycles. The Hall–Kier alpha value is -2.33. The summed E-state index contributed by atoms with van der Waals surface area (Å²) < 4.78 is 3.56. The highest BCUT2D eigenvalue weighted by molar-refractivity contribution is 7.07. The molecule has 0 saturated heterocycles. The van der Waals surface area contributed by atoms with Gasteiger partial charge in [-0.1, -0.05) is 24.8 Å². The molecule has 0 spiro atoms. The van der Waals surface area contributed by atoms with E-state index in [0.717, 1.165) is 22.6 Å². The minimum Gasteiger partial charge on any atom is -0.318 e. The van der Waals surface area contributed by atoms with Gasteiger partial charge in [-0.2, -0.15) is 0 Å². The molecule has 0 unspecified atom stereocenters. The fourth-order valence-corrected chi connectivity index (χ4v) is 3.28. The summed E-state index contributed by atoms with van der Waals surface area (Å²) in [5.41, 5.74) is 4.38. The van der Waals surface area contributed by atoms with Crippen LogP contribution < -0.4 is 14.8 Å². The van der Waals surface area contributed by atoms with E-state index in [2.05, 4.69) is 48.2 Å². The largest absolute Gasteiger partial charge is 0.318 e. The number of H-pyrrole nitrogens is 1. The van der Waals surface area contributed by atoms with Crippen LogP contribution in [0.25, 0.3) is 18.3 Å². The van der Waals surface area contributed by atoms with Crippen molar-refractivity contribution < 1.29 is 0 Å². The molecule has 0 saturated carbocycles. The van der Waals surface area contributed by atoms with E-state index >= 15 is 0 Å². The van der Waals surface area contributed by atoms with E-state index in [-0.39, 0.29) is 5.56 Å². The number of aromatic amines is 1. The normalized spacial score (nSPS) is 12.0. The van der Waals surface area contributed by atoms with Crippen molar-refractivity contribution in [3.05, 3.63) is 72.9 Å². The molecule has 3 aromatic rings. The summed E-state index contributed by atoms with van der Waals surface area (Å²) in [7, 11) is 0. The zero-order valence-electron chi connectivity index (χ0n) is 12.0. The number of thiazole rings is 1. The Balaban J connectivity index is 2.20. The maximum absolute atomic E-state index is 11.8. The van der Waals surface area contributed by atoms with E-state index in [1.807, 2.05) is 24.3 Å². The van der Waals surface area contributed by atoms with Crippen molar-refractivity contribution in [1.29, 1.82) is 0 Å². The van der Waals surface area contributed by atoms with Gasteiger partial charge in [0.05, 0.1) is 9.20 Å². The Morgan fingerprint density at radius 3 is 2.57 bits per heavy atom. The molecule has 4 heteroatoms. The standard InChI is InChI=1S/C17H16N2OS/c1-11-9-14(10-16-17(20)18-13(3)21-16)12(2)19(11)15-7-5-4-6-8-15/h4-10H,3H2,1-2H3,(H,18,20)/b16-10+. The van der Waals surface area contributed by atoms with Crippen LogP contribution in [0.2, 0.25) is 0 Å². The first-order valence-electron chi connectivity index (χ1n) is 6.70. The number of rotatable bonds is 2. The molecule has 0 amide bonds. The Kier molecular flexibility index (Phi) is 3.39. The summed E-state index contributed by atoms with van der Waals surface area (Å²) in [5.74, 6) is 0. The van der Waals surface area contributed by atoms with Crippen LogP contribution in [0.4, 0.5) is 0 Å². The van der Waals surface area contributed by atoms with Crippen molar-refractivity contribution in [3.8, 4) is 5.69 Å². The van der Waals surface area contributed by atoms with E-state index in [0.29, 0.717) is 9.20 Å². The molecule has 0 fully saturated rings. The van der Waals surface area contributed by atoms with Crippen LogP contribution in [0, 0.1) is 13.8 Å². The van der Waals surface area contributed by atoms with Crippen LogP contribution in [0.3, 0.4) is 0 Å². The lowest BCUT2D eigenvalue weighted by Crippen LogP contribution is -2.19.